The third kappa shape index (κ3) is 6.32. The number of carbonyl (C=O) groups is 1. The summed E-state index contributed by atoms with van der Waals surface area (Å²) in [5.41, 5.74) is 1.18. The third-order valence-corrected chi connectivity index (χ3v) is 5.83. The second-order valence-electron chi connectivity index (χ2n) is 6.93. The molecule has 0 aliphatic carbocycles. The van der Waals surface area contributed by atoms with Crippen molar-refractivity contribution in [1.82, 2.24) is 9.62 Å². The van der Waals surface area contributed by atoms with Crippen LogP contribution in [0.1, 0.15) is 38.2 Å². The molecule has 1 aromatic carbocycles. The minimum absolute atomic E-state index is 0.0102. The maximum absolute atomic E-state index is 12.0. The Bertz CT molecular complexity index is 680. The summed E-state index contributed by atoms with van der Waals surface area (Å²) in [4.78, 5) is 12.0. The van der Waals surface area contributed by atoms with Gasteiger partial charge in [-0.15, -0.1) is 0 Å². The maximum Gasteiger partial charge on any atom is 0.257 e. The van der Waals surface area contributed by atoms with Crippen molar-refractivity contribution in [1.29, 1.82) is 0 Å². The first kappa shape index (κ1) is 19.7. The van der Waals surface area contributed by atoms with Crippen LogP contribution in [-0.2, 0) is 14.8 Å². The summed E-state index contributed by atoms with van der Waals surface area (Å²) in [7, 11) is -3.10. The molecule has 0 atom stereocenters. The fraction of sp³-hybridized carbons (Fsp3) is 0.611. The van der Waals surface area contributed by atoms with E-state index in [0.29, 0.717) is 37.2 Å². The fourth-order valence-electron chi connectivity index (χ4n) is 2.87. The minimum atomic E-state index is -3.10. The van der Waals surface area contributed by atoms with Crippen LogP contribution in [-0.4, -0.2) is 51.1 Å². The van der Waals surface area contributed by atoms with Gasteiger partial charge in [0.05, 0.1) is 6.26 Å². The molecule has 1 fully saturated rings. The molecule has 0 aromatic heterocycles. The summed E-state index contributed by atoms with van der Waals surface area (Å²) < 4.78 is 30.0. The van der Waals surface area contributed by atoms with Gasteiger partial charge in [-0.3, -0.25) is 4.79 Å². The Morgan fingerprint density at radius 3 is 2.60 bits per heavy atom. The molecule has 140 valence electrons. The lowest BCUT2D eigenvalue weighted by Gasteiger charge is -2.30. The van der Waals surface area contributed by atoms with Gasteiger partial charge in [0.2, 0.25) is 10.0 Å². The van der Waals surface area contributed by atoms with Gasteiger partial charge in [0.1, 0.15) is 5.75 Å². The van der Waals surface area contributed by atoms with Gasteiger partial charge in [0.15, 0.2) is 6.61 Å². The summed E-state index contributed by atoms with van der Waals surface area (Å²) in [6, 6.07) is 7.78. The topological polar surface area (TPSA) is 75.7 Å². The van der Waals surface area contributed by atoms with E-state index in [0.717, 1.165) is 12.8 Å². The zero-order valence-corrected chi connectivity index (χ0v) is 16.0. The third-order valence-electron chi connectivity index (χ3n) is 4.53. The van der Waals surface area contributed by atoms with Crippen molar-refractivity contribution in [3.63, 3.8) is 0 Å². The van der Waals surface area contributed by atoms with Crippen LogP contribution in [0.2, 0.25) is 0 Å². The predicted octanol–water partition coefficient (Wildman–Crippen LogP) is 1.98. The Kier molecular flexibility index (Phi) is 6.84. The van der Waals surface area contributed by atoms with Gasteiger partial charge in [0.25, 0.3) is 5.91 Å². The molecule has 1 amide bonds. The standard InChI is InChI=1S/C18H28N2O4S/c1-14(2)16-5-4-6-17(11-16)24-13-18(21)19-12-15-7-9-20(10-8-15)25(3,22)23/h4-6,11,14-15H,7-10,12-13H2,1-3H3,(H,19,21). The molecular weight excluding hydrogens is 340 g/mol. The highest BCUT2D eigenvalue weighted by Crippen LogP contribution is 2.20. The van der Waals surface area contributed by atoms with E-state index in [1.165, 1.54) is 16.1 Å². The van der Waals surface area contributed by atoms with Crippen LogP contribution >= 0.6 is 0 Å². The minimum Gasteiger partial charge on any atom is -0.484 e. The molecule has 1 heterocycles. The SMILES string of the molecule is CC(C)c1cccc(OCC(=O)NCC2CCN(S(C)(=O)=O)CC2)c1. The number of carbonyl (C=O) groups excluding carboxylic acids is 1. The molecule has 1 saturated heterocycles. The van der Waals surface area contributed by atoms with Crippen molar-refractivity contribution in [3.8, 4) is 5.75 Å². The highest BCUT2D eigenvalue weighted by atomic mass is 32.2. The van der Waals surface area contributed by atoms with E-state index in [4.69, 9.17) is 4.74 Å². The summed E-state index contributed by atoms with van der Waals surface area (Å²) in [6.45, 7) is 5.83. The highest BCUT2D eigenvalue weighted by Gasteiger charge is 2.24. The van der Waals surface area contributed by atoms with Crippen LogP contribution in [0.5, 0.6) is 5.75 Å². The molecule has 1 aliphatic rings. The summed E-state index contributed by atoms with van der Waals surface area (Å²) in [5, 5.41) is 2.88. The first-order valence-corrected chi connectivity index (χ1v) is 10.5. The first-order chi connectivity index (χ1) is 11.8. The highest BCUT2D eigenvalue weighted by molar-refractivity contribution is 7.88. The quantitative estimate of drug-likeness (QED) is 0.798. The van der Waals surface area contributed by atoms with Gasteiger partial charge in [-0.1, -0.05) is 26.0 Å². The molecule has 1 N–H and O–H groups in total. The molecular formula is C18H28N2O4S. The lowest BCUT2D eigenvalue weighted by molar-refractivity contribution is -0.123. The van der Waals surface area contributed by atoms with Gasteiger partial charge in [-0.25, -0.2) is 12.7 Å². The van der Waals surface area contributed by atoms with Crippen LogP contribution in [0, 0.1) is 5.92 Å². The van der Waals surface area contributed by atoms with Crippen molar-refractivity contribution in [3.05, 3.63) is 29.8 Å². The monoisotopic (exact) mass is 368 g/mol. The van der Waals surface area contributed by atoms with E-state index in [1.54, 1.807) is 0 Å². The lowest BCUT2D eigenvalue weighted by atomic mass is 9.98. The number of nitrogens with zero attached hydrogens (tertiary/aromatic N) is 1. The second-order valence-corrected chi connectivity index (χ2v) is 8.91. The Hall–Kier alpha value is -1.60. The second kappa shape index (κ2) is 8.67. The van der Waals surface area contributed by atoms with Crippen LogP contribution in [0.3, 0.4) is 0 Å². The molecule has 0 saturated carbocycles. The van der Waals surface area contributed by atoms with Crippen LogP contribution in [0.15, 0.2) is 24.3 Å². The van der Waals surface area contributed by atoms with E-state index in [2.05, 4.69) is 19.2 Å². The number of nitrogens with one attached hydrogen (secondary N) is 1. The summed E-state index contributed by atoms with van der Waals surface area (Å²) in [5.74, 6) is 1.27. The molecule has 0 unspecified atom stereocenters. The Balaban J connectivity index is 1.70. The van der Waals surface area contributed by atoms with Crippen LogP contribution in [0.25, 0.3) is 0 Å². The van der Waals surface area contributed by atoms with Gasteiger partial charge >= 0.3 is 0 Å². The maximum atomic E-state index is 12.0. The zero-order valence-electron chi connectivity index (χ0n) is 15.2. The molecule has 1 aliphatic heterocycles. The molecule has 7 heteroatoms. The van der Waals surface area contributed by atoms with E-state index < -0.39 is 10.0 Å². The number of hydrogen-bond donors (Lipinski definition) is 1. The molecule has 0 radical (unpaired) electrons. The number of piperidine rings is 1. The number of amides is 1. The normalized spacial score (nSPS) is 16.8. The average Bonchev–Trinajstić information content (AvgIpc) is 2.58. The van der Waals surface area contributed by atoms with E-state index in [9.17, 15) is 13.2 Å². The summed E-state index contributed by atoms with van der Waals surface area (Å²) in [6.07, 6.45) is 2.77. The average molecular weight is 368 g/mol. The van der Waals surface area contributed by atoms with Crippen LogP contribution < -0.4 is 10.1 Å². The first-order valence-electron chi connectivity index (χ1n) is 8.70. The van der Waals surface area contributed by atoms with E-state index in [-0.39, 0.29) is 12.5 Å². The fourth-order valence-corrected chi connectivity index (χ4v) is 3.74. The van der Waals surface area contributed by atoms with Crippen molar-refractivity contribution >= 4 is 15.9 Å². The number of hydrogen-bond acceptors (Lipinski definition) is 4. The lowest BCUT2D eigenvalue weighted by Crippen LogP contribution is -2.41. The number of rotatable bonds is 7. The van der Waals surface area contributed by atoms with Gasteiger partial charge in [-0.05, 0) is 42.4 Å². The van der Waals surface area contributed by atoms with E-state index in [1.807, 2.05) is 24.3 Å². The number of sulfonamides is 1. The molecule has 2 rings (SSSR count). The van der Waals surface area contributed by atoms with Crippen molar-refractivity contribution in [2.75, 3.05) is 32.5 Å². The van der Waals surface area contributed by atoms with Crippen molar-refractivity contribution in [2.24, 2.45) is 5.92 Å². The van der Waals surface area contributed by atoms with Crippen LogP contribution in [0.4, 0.5) is 0 Å². The Morgan fingerprint density at radius 2 is 2.00 bits per heavy atom. The van der Waals surface area contributed by atoms with Gasteiger partial charge in [0, 0.05) is 19.6 Å². The number of ether oxygens (including phenoxy) is 1. The van der Waals surface area contributed by atoms with Crippen molar-refractivity contribution < 1.29 is 17.9 Å². The molecule has 0 spiro atoms. The van der Waals surface area contributed by atoms with Gasteiger partial charge in [-0.2, -0.15) is 0 Å². The summed E-state index contributed by atoms with van der Waals surface area (Å²) >= 11 is 0. The predicted molar refractivity (Wildman–Crippen MR) is 98.2 cm³/mol. The Labute approximate surface area is 150 Å². The van der Waals surface area contributed by atoms with E-state index >= 15 is 0 Å². The van der Waals surface area contributed by atoms with Crippen molar-refractivity contribution in [2.45, 2.75) is 32.6 Å². The van der Waals surface area contributed by atoms with Gasteiger partial charge < -0.3 is 10.1 Å². The molecule has 0 bridgehead atoms. The Morgan fingerprint density at radius 1 is 1.32 bits per heavy atom. The molecule has 25 heavy (non-hydrogen) atoms. The molecule has 6 nitrogen and oxygen atoms in total. The number of benzene rings is 1. The smallest absolute Gasteiger partial charge is 0.257 e. The molecule has 1 aromatic rings. The zero-order chi connectivity index (χ0) is 18.4. The largest absolute Gasteiger partial charge is 0.484 e.